The van der Waals surface area contributed by atoms with Crippen LogP contribution in [0.3, 0.4) is 0 Å². The van der Waals surface area contributed by atoms with Gasteiger partial charge in [-0.1, -0.05) is 24.3 Å². The molecule has 2 heterocycles. The highest BCUT2D eigenvalue weighted by molar-refractivity contribution is 6.31. The standard InChI is InChI=1S/C28H32ClFN4/c1-4-9-26(34-14-7-6-8-15-34)24(5-2)32-27(19-10-11-19)28-23(31)12-13-25(33-28)20-17-21(29)18(3)16-22(20)30/h4-5,9,12-13,16-17,32H,2,6-8,10-11,14-15,31H2,1,3H3/b9-4-,26-24-. The molecule has 4 rings (SSSR count). The van der Waals surface area contributed by atoms with Gasteiger partial charge in [-0.05, 0) is 93.5 Å². The molecule has 1 aromatic carbocycles. The van der Waals surface area contributed by atoms with Crippen molar-refractivity contribution in [1.82, 2.24) is 15.2 Å². The topological polar surface area (TPSA) is 54.2 Å². The molecule has 0 bridgehead atoms. The largest absolute Gasteiger partial charge is 0.397 e. The van der Waals surface area contributed by atoms with Crippen LogP contribution in [-0.2, 0) is 0 Å². The number of nitrogens with zero attached hydrogens (tertiary/aromatic N) is 2. The molecule has 4 nitrogen and oxygen atoms in total. The summed E-state index contributed by atoms with van der Waals surface area (Å²) in [7, 11) is 0. The number of aryl methyl sites for hydroxylation is 1. The zero-order valence-corrected chi connectivity index (χ0v) is 20.7. The van der Waals surface area contributed by atoms with Crippen molar-refractivity contribution in [2.75, 3.05) is 18.8 Å². The SMILES string of the molecule is C=C/C(NC(=C1CC1)c1nc(-c2cc(Cl)c(C)cc2F)ccc1N)=C(\C=C/C)N1CCCCC1. The van der Waals surface area contributed by atoms with E-state index in [1.165, 1.54) is 30.9 Å². The zero-order chi connectivity index (χ0) is 24.2. The summed E-state index contributed by atoms with van der Waals surface area (Å²) in [4.78, 5) is 7.21. The number of hydrogen-bond donors (Lipinski definition) is 2. The Labute approximate surface area is 206 Å². The van der Waals surface area contributed by atoms with Crippen LogP contribution < -0.4 is 11.1 Å². The van der Waals surface area contributed by atoms with Crippen molar-refractivity contribution >= 4 is 23.0 Å². The Morgan fingerprint density at radius 2 is 1.94 bits per heavy atom. The molecule has 2 fully saturated rings. The van der Waals surface area contributed by atoms with Crippen LogP contribution in [0.2, 0.25) is 5.02 Å². The van der Waals surface area contributed by atoms with Crippen molar-refractivity contribution in [1.29, 1.82) is 0 Å². The van der Waals surface area contributed by atoms with Gasteiger partial charge in [-0.25, -0.2) is 9.37 Å². The van der Waals surface area contributed by atoms with E-state index in [2.05, 4.69) is 28.9 Å². The van der Waals surface area contributed by atoms with Crippen molar-refractivity contribution in [3.63, 3.8) is 0 Å². The Bertz CT molecular complexity index is 1180. The van der Waals surface area contributed by atoms with Crippen LogP contribution in [-0.4, -0.2) is 23.0 Å². The molecule has 0 spiro atoms. The van der Waals surface area contributed by atoms with Gasteiger partial charge in [0.05, 0.1) is 28.5 Å². The molecule has 6 heteroatoms. The summed E-state index contributed by atoms with van der Waals surface area (Å²) >= 11 is 6.29. The van der Waals surface area contributed by atoms with Crippen LogP contribution in [0.25, 0.3) is 17.0 Å². The summed E-state index contributed by atoms with van der Waals surface area (Å²) in [5, 5.41) is 4.11. The predicted molar refractivity (Wildman–Crippen MR) is 141 cm³/mol. The maximum atomic E-state index is 14.8. The smallest absolute Gasteiger partial charge is 0.132 e. The third-order valence-electron chi connectivity index (χ3n) is 6.30. The third-order valence-corrected chi connectivity index (χ3v) is 6.71. The number of aromatic nitrogens is 1. The van der Waals surface area contributed by atoms with Crippen molar-refractivity contribution < 1.29 is 4.39 Å². The molecular weight excluding hydrogens is 447 g/mol. The van der Waals surface area contributed by atoms with Gasteiger partial charge < -0.3 is 16.0 Å². The first-order chi connectivity index (χ1) is 16.4. The van der Waals surface area contributed by atoms with E-state index in [0.717, 1.165) is 43.0 Å². The van der Waals surface area contributed by atoms with Gasteiger partial charge >= 0.3 is 0 Å². The van der Waals surface area contributed by atoms with Crippen molar-refractivity contribution in [2.45, 2.75) is 46.0 Å². The van der Waals surface area contributed by atoms with Crippen molar-refractivity contribution in [2.24, 2.45) is 0 Å². The molecule has 0 radical (unpaired) electrons. The second kappa shape index (κ2) is 10.5. The second-order valence-corrected chi connectivity index (χ2v) is 9.28. The highest BCUT2D eigenvalue weighted by Crippen LogP contribution is 2.38. The lowest BCUT2D eigenvalue weighted by atomic mass is 10.1. The zero-order valence-electron chi connectivity index (χ0n) is 19.9. The van der Waals surface area contributed by atoms with Crippen LogP contribution in [0, 0.1) is 12.7 Å². The lowest BCUT2D eigenvalue weighted by molar-refractivity contribution is 0.290. The van der Waals surface area contributed by atoms with Crippen LogP contribution in [0.5, 0.6) is 0 Å². The number of nitrogens with two attached hydrogens (primary N) is 1. The molecule has 0 atom stereocenters. The highest BCUT2D eigenvalue weighted by Gasteiger charge is 2.24. The number of piperidine rings is 1. The maximum Gasteiger partial charge on any atom is 0.132 e. The molecular formula is C28H32ClFN4. The molecule has 3 N–H and O–H groups in total. The molecule has 0 amide bonds. The number of halogens is 2. The molecule has 1 aliphatic carbocycles. The van der Waals surface area contributed by atoms with Gasteiger partial charge in [0.25, 0.3) is 0 Å². The van der Waals surface area contributed by atoms with Gasteiger partial charge in [-0.15, -0.1) is 0 Å². The number of rotatable bonds is 7. The number of benzene rings is 1. The first-order valence-corrected chi connectivity index (χ1v) is 12.3. The van der Waals surface area contributed by atoms with Gasteiger partial charge in [0.2, 0.25) is 0 Å². The molecule has 34 heavy (non-hydrogen) atoms. The molecule has 178 valence electrons. The average molecular weight is 479 g/mol. The minimum absolute atomic E-state index is 0.356. The average Bonchev–Trinajstić information content (AvgIpc) is 3.68. The third kappa shape index (κ3) is 5.20. The summed E-state index contributed by atoms with van der Waals surface area (Å²) in [6.07, 6.45) is 11.6. The molecule has 2 aliphatic rings. The maximum absolute atomic E-state index is 14.8. The van der Waals surface area contributed by atoms with E-state index < -0.39 is 0 Å². The normalized spacial score (nSPS) is 16.5. The van der Waals surface area contributed by atoms with Gasteiger partial charge in [0, 0.05) is 23.7 Å². The molecule has 1 aromatic heterocycles. The number of allylic oxidation sites excluding steroid dienone is 4. The molecule has 1 saturated heterocycles. The van der Waals surface area contributed by atoms with Gasteiger partial charge in [0.15, 0.2) is 0 Å². The Kier molecular flexibility index (Phi) is 7.42. The van der Waals surface area contributed by atoms with Gasteiger partial charge in [0.1, 0.15) is 11.5 Å². The number of pyridine rings is 1. The summed E-state index contributed by atoms with van der Waals surface area (Å²) < 4.78 is 14.8. The first kappa shape index (κ1) is 24.1. The fourth-order valence-corrected chi connectivity index (χ4v) is 4.47. The minimum atomic E-state index is -0.356. The molecule has 1 saturated carbocycles. The van der Waals surface area contributed by atoms with E-state index in [0.29, 0.717) is 33.2 Å². The van der Waals surface area contributed by atoms with Crippen LogP contribution in [0.1, 0.15) is 50.3 Å². The summed E-state index contributed by atoms with van der Waals surface area (Å²) in [6.45, 7) is 9.93. The fraction of sp³-hybridized carbons (Fsp3) is 0.321. The second-order valence-electron chi connectivity index (χ2n) is 8.87. The Morgan fingerprint density at radius 1 is 1.21 bits per heavy atom. The number of nitrogen functional groups attached to an aromatic ring is 1. The Balaban J connectivity index is 1.76. The van der Waals surface area contributed by atoms with E-state index in [4.69, 9.17) is 22.3 Å². The van der Waals surface area contributed by atoms with E-state index in [9.17, 15) is 4.39 Å². The summed E-state index contributed by atoms with van der Waals surface area (Å²) in [5.41, 5.74) is 13.3. The molecule has 0 unspecified atom stereocenters. The van der Waals surface area contributed by atoms with E-state index in [1.807, 2.05) is 13.0 Å². The van der Waals surface area contributed by atoms with Crippen LogP contribution in [0.4, 0.5) is 10.1 Å². The Morgan fingerprint density at radius 3 is 2.59 bits per heavy atom. The fourth-order valence-electron chi connectivity index (χ4n) is 4.30. The van der Waals surface area contributed by atoms with Crippen LogP contribution >= 0.6 is 11.6 Å². The minimum Gasteiger partial charge on any atom is -0.397 e. The van der Waals surface area contributed by atoms with Gasteiger partial charge in [-0.3, -0.25) is 0 Å². The highest BCUT2D eigenvalue weighted by atomic mass is 35.5. The predicted octanol–water partition coefficient (Wildman–Crippen LogP) is 6.99. The number of likely N-dealkylation sites (tertiary alicyclic amines) is 1. The monoisotopic (exact) mass is 478 g/mol. The van der Waals surface area contributed by atoms with Crippen LogP contribution in [0.15, 0.2) is 66.0 Å². The lowest BCUT2D eigenvalue weighted by Gasteiger charge is -2.31. The van der Waals surface area contributed by atoms with Crippen molar-refractivity contribution in [3.8, 4) is 11.3 Å². The van der Waals surface area contributed by atoms with E-state index >= 15 is 0 Å². The molecule has 1 aliphatic heterocycles. The Hall–Kier alpha value is -3.05. The lowest BCUT2D eigenvalue weighted by Crippen LogP contribution is -2.31. The molecule has 2 aromatic rings. The van der Waals surface area contributed by atoms with E-state index in [-0.39, 0.29) is 5.82 Å². The van der Waals surface area contributed by atoms with E-state index in [1.54, 1.807) is 25.1 Å². The number of anilines is 1. The first-order valence-electron chi connectivity index (χ1n) is 11.9. The number of nitrogens with one attached hydrogen (secondary N) is 1. The van der Waals surface area contributed by atoms with Gasteiger partial charge in [-0.2, -0.15) is 0 Å². The summed E-state index contributed by atoms with van der Waals surface area (Å²) in [5.74, 6) is -0.356. The quantitative estimate of drug-likeness (QED) is 0.421. The van der Waals surface area contributed by atoms with Crippen molar-refractivity contribution in [3.05, 3.63) is 88.1 Å². The number of hydrogen-bond acceptors (Lipinski definition) is 4. The summed E-state index contributed by atoms with van der Waals surface area (Å²) in [6, 6.07) is 6.58.